The number of halogens is 1. The summed E-state index contributed by atoms with van der Waals surface area (Å²) in [6, 6.07) is 0. The van der Waals surface area contributed by atoms with Gasteiger partial charge in [0.25, 0.3) is 0 Å². The van der Waals surface area contributed by atoms with E-state index < -0.39 is 36.4 Å². The average Bonchev–Trinajstić information content (AvgIpc) is 2.29. The van der Waals surface area contributed by atoms with Crippen LogP contribution in [0.5, 0.6) is 0 Å². The first kappa shape index (κ1) is 16.9. The Labute approximate surface area is 125 Å². The summed E-state index contributed by atoms with van der Waals surface area (Å²) in [6.07, 6.45) is -1.78. The number of rotatable bonds is 4. The Hall–Kier alpha value is -1.15. The summed E-state index contributed by atoms with van der Waals surface area (Å²) in [5.41, 5.74) is 0. The van der Waals surface area contributed by atoms with Crippen LogP contribution in [0.25, 0.3) is 0 Å². The van der Waals surface area contributed by atoms with E-state index in [1.807, 2.05) is 0 Å². The van der Waals surface area contributed by atoms with Gasteiger partial charge in [0.15, 0.2) is 0 Å². The van der Waals surface area contributed by atoms with Crippen LogP contribution in [0.4, 0.5) is 0 Å². The van der Waals surface area contributed by atoms with Crippen molar-refractivity contribution in [1.29, 1.82) is 0 Å². The Balaban J connectivity index is 2.73. The molecule has 0 aliphatic carbocycles. The monoisotopic (exact) mass is 352 g/mol. The minimum Gasteiger partial charge on any atom is -0.463 e. The van der Waals surface area contributed by atoms with Gasteiger partial charge < -0.3 is 18.9 Å². The molecule has 1 rings (SSSR count). The molecule has 1 fully saturated rings. The predicted octanol–water partition coefficient (Wildman–Crippen LogP) is 0.923. The Bertz CT molecular complexity index is 384. The summed E-state index contributed by atoms with van der Waals surface area (Å²) >= 11 is 3.37. The largest absolute Gasteiger partial charge is 0.463 e. The van der Waals surface area contributed by atoms with Gasteiger partial charge in [0.05, 0.1) is 4.83 Å². The normalized spacial score (nSPS) is 29.4. The molecule has 0 spiro atoms. The van der Waals surface area contributed by atoms with Crippen molar-refractivity contribution in [2.45, 2.75) is 50.5 Å². The fourth-order valence-corrected chi connectivity index (χ4v) is 2.57. The molecule has 4 atom stereocenters. The third kappa shape index (κ3) is 5.46. The summed E-state index contributed by atoms with van der Waals surface area (Å²) in [6.45, 7) is 3.72. The number of hydrogen-bond donors (Lipinski definition) is 0. The van der Waals surface area contributed by atoms with Gasteiger partial charge in [0.2, 0.25) is 6.29 Å². The van der Waals surface area contributed by atoms with Gasteiger partial charge in [-0.15, -0.1) is 0 Å². The van der Waals surface area contributed by atoms with Crippen LogP contribution < -0.4 is 0 Å². The van der Waals surface area contributed by atoms with E-state index in [0.29, 0.717) is 6.42 Å². The molecule has 114 valence electrons. The highest BCUT2D eigenvalue weighted by Gasteiger charge is 2.41. The molecule has 1 heterocycles. The maximum absolute atomic E-state index is 11.1. The van der Waals surface area contributed by atoms with Crippen molar-refractivity contribution in [1.82, 2.24) is 0 Å². The van der Waals surface area contributed by atoms with E-state index in [9.17, 15) is 14.4 Å². The third-order valence-electron chi connectivity index (χ3n) is 2.52. The molecule has 0 amide bonds. The molecule has 0 N–H and O–H groups in total. The third-order valence-corrected chi connectivity index (χ3v) is 3.41. The topological polar surface area (TPSA) is 88.1 Å². The molecule has 0 bridgehead atoms. The first-order chi connectivity index (χ1) is 9.29. The second kappa shape index (κ2) is 7.58. The van der Waals surface area contributed by atoms with Crippen molar-refractivity contribution in [3.63, 3.8) is 0 Å². The molecule has 4 unspecified atom stereocenters. The first-order valence-corrected chi connectivity index (χ1v) is 6.98. The van der Waals surface area contributed by atoms with Crippen molar-refractivity contribution in [2.24, 2.45) is 0 Å². The van der Waals surface area contributed by atoms with Crippen LogP contribution in [-0.2, 0) is 33.3 Å². The van der Waals surface area contributed by atoms with E-state index >= 15 is 0 Å². The Kier molecular flexibility index (Phi) is 6.41. The molecule has 0 aromatic rings. The van der Waals surface area contributed by atoms with Gasteiger partial charge in [-0.05, 0) is 0 Å². The second-order valence-electron chi connectivity index (χ2n) is 4.34. The molecule has 1 saturated heterocycles. The highest BCUT2D eigenvalue weighted by atomic mass is 79.9. The maximum Gasteiger partial charge on any atom is 0.304 e. The summed E-state index contributed by atoms with van der Waals surface area (Å²) in [5, 5.41) is 0. The van der Waals surface area contributed by atoms with Crippen LogP contribution in [0.1, 0.15) is 27.2 Å². The molecule has 0 aromatic carbocycles. The zero-order chi connectivity index (χ0) is 15.3. The van der Waals surface area contributed by atoms with E-state index in [2.05, 4.69) is 15.9 Å². The lowest BCUT2D eigenvalue weighted by molar-refractivity contribution is -0.231. The highest BCUT2D eigenvalue weighted by molar-refractivity contribution is 9.09. The van der Waals surface area contributed by atoms with Crippen LogP contribution in [0.15, 0.2) is 0 Å². The lowest BCUT2D eigenvalue weighted by Gasteiger charge is -2.37. The molecule has 1 aliphatic rings. The van der Waals surface area contributed by atoms with Crippen molar-refractivity contribution < 1.29 is 33.3 Å². The van der Waals surface area contributed by atoms with E-state index in [1.165, 1.54) is 20.8 Å². The summed E-state index contributed by atoms with van der Waals surface area (Å²) in [5.74, 6) is -1.43. The Morgan fingerprint density at radius 2 is 1.70 bits per heavy atom. The summed E-state index contributed by atoms with van der Waals surface area (Å²) < 4.78 is 20.5. The van der Waals surface area contributed by atoms with Crippen molar-refractivity contribution >= 4 is 33.8 Å². The summed E-state index contributed by atoms with van der Waals surface area (Å²) in [4.78, 5) is 32.7. The first-order valence-electron chi connectivity index (χ1n) is 6.07. The zero-order valence-electron chi connectivity index (χ0n) is 11.5. The molecule has 8 heteroatoms. The Morgan fingerprint density at radius 1 is 1.10 bits per heavy atom. The molecule has 0 saturated carbocycles. The fraction of sp³-hybridized carbons (Fsp3) is 0.750. The average molecular weight is 353 g/mol. The smallest absolute Gasteiger partial charge is 0.304 e. The van der Waals surface area contributed by atoms with Crippen molar-refractivity contribution in [3.8, 4) is 0 Å². The molecule has 7 nitrogen and oxygen atoms in total. The molecular weight excluding hydrogens is 336 g/mol. The van der Waals surface area contributed by atoms with E-state index in [0.717, 1.165) is 0 Å². The second-order valence-corrected chi connectivity index (χ2v) is 5.52. The quantitative estimate of drug-likeness (QED) is 0.422. The Morgan fingerprint density at radius 3 is 2.20 bits per heavy atom. The zero-order valence-corrected chi connectivity index (χ0v) is 13.0. The number of hydrogen-bond acceptors (Lipinski definition) is 7. The summed E-state index contributed by atoms with van der Waals surface area (Å²) in [7, 11) is 0. The van der Waals surface area contributed by atoms with Gasteiger partial charge >= 0.3 is 17.9 Å². The molecule has 0 aromatic heterocycles. The van der Waals surface area contributed by atoms with Crippen molar-refractivity contribution in [3.05, 3.63) is 0 Å². The van der Waals surface area contributed by atoms with Gasteiger partial charge in [-0.2, -0.15) is 0 Å². The van der Waals surface area contributed by atoms with Crippen molar-refractivity contribution in [2.75, 3.05) is 6.61 Å². The van der Waals surface area contributed by atoms with E-state index in [4.69, 9.17) is 18.9 Å². The number of esters is 3. The molecular formula is C12H17BrO7. The molecule has 20 heavy (non-hydrogen) atoms. The maximum atomic E-state index is 11.1. The van der Waals surface area contributed by atoms with E-state index in [1.54, 1.807) is 0 Å². The number of ether oxygens (including phenoxy) is 4. The van der Waals surface area contributed by atoms with Gasteiger partial charge in [-0.3, -0.25) is 14.4 Å². The lowest BCUT2D eigenvalue weighted by Crippen LogP contribution is -2.51. The van der Waals surface area contributed by atoms with Gasteiger partial charge in [-0.1, -0.05) is 15.9 Å². The van der Waals surface area contributed by atoms with Crippen LogP contribution in [0.2, 0.25) is 0 Å². The van der Waals surface area contributed by atoms with Crippen LogP contribution in [-0.4, -0.2) is 47.8 Å². The van der Waals surface area contributed by atoms with Crippen LogP contribution >= 0.6 is 15.9 Å². The number of carbonyl (C=O) groups excluding carboxylic acids is 3. The molecule has 1 aliphatic heterocycles. The lowest BCUT2D eigenvalue weighted by atomic mass is 10.0. The van der Waals surface area contributed by atoms with Crippen LogP contribution in [0, 0.1) is 0 Å². The standard InChI is InChI=1S/C12H17BrO7/c1-6(14)17-5-10-12(19-8(3)16)9(13)4-11(20-10)18-7(2)15/h9-12H,4-5H2,1-3H3. The van der Waals surface area contributed by atoms with Gasteiger partial charge in [-0.25, -0.2) is 0 Å². The van der Waals surface area contributed by atoms with E-state index in [-0.39, 0.29) is 11.4 Å². The predicted molar refractivity (Wildman–Crippen MR) is 69.9 cm³/mol. The number of alkyl halides is 1. The fourth-order valence-electron chi connectivity index (χ4n) is 1.81. The molecule has 0 radical (unpaired) electrons. The van der Waals surface area contributed by atoms with Gasteiger partial charge in [0, 0.05) is 27.2 Å². The highest BCUT2D eigenvalue weighted by Crippen LogP contribution is 2.29. The SMILES string of the molecule is CC(=O)OCC1OC(OC(C)=O)CC(Br)C1OC(C)=O. The van der Waals surface area contributed by atoms with Crippen LogP contribution in [0.3, 0.4) is 0 Å². The minimum atomic E-state index is -0.774. The number of carbonyl (C=O) groups is 3. The van der Waals surface area contributed by atoms with Gasteiger partial charge in [0.1, 0.15) is 18.8 Å². The minimum absolute atomic E-state index is 0.0901.